The number of rotatable bonds is 5. The van der Waals surface area contributed by atoms with Crippen LogP contribution in [-0.4, -0.2) is 117 Å². The molecule has 2 heterocycles. The molecule has 0 aliphatic carbocycles. The van der Waals surface area contributed by atoms with Gasteiger partial charge in [-0.1, -0.05) is 0 Å². The van der Waals surface area contributed by atoms with Gasteiger partial charge in [-0.3, -0.25) is 0 Å². The monoisotopic (exact) mass is 356 g/mol. The molecule has 2 aliphatic rings. The van der Waals surface area contributed by atoms with Crippen LogP contribution in [0.1, 0.15) is 0 Å². The zero-order valence-corrected chi connectivity index (χ0v) is 13.0. The van der Waals surface area contributed by atoms with E-state index in [1.807, 2.05) is 0 Å². The average Bonchev–Trinajstić information content (AvgIpc) is 2.58. The Hall–Kier alpha value is -0.440. The SMILES string of the molecule is CO[C@H]1C(O)[C@@H](O)[C@H](O[C@H]2C(O)[C@@H](O)[C@H](O)O[C@@H]2CO)O[C@@H]1CO. The Labute approximate surface area is 137 Å². The van der Waals surface area contributed by atoms with Crippen molar-refractivity contribution in [2.24, 2.45) is 0 Å². The van der Waals surface area contributed by atoms with E-state index in [2.05, 4.69) is 0 Å². The first-order valence-corrected chi connectivity index (χ1v) is 7.46. The summed E-state index contributed by atoms with van der Waals surface area (Å²) in [6.07, 6.45) is -14.2. The van der Waals surface area contributed by atoms with E-state index in [1.165, 1.54) is 7.11 Å². The van der Waals surface area contributed by atoms with E-state index >= 15 is 0 Å². The third-order valence-electron chi connectivity index (χ3n) is 4.22. The molecule has 7 N–H and O–H groups in total. The van der Waals surface area contributed by atoms with Gasteiger partial charge in [0.25, 0.3) is 0 Å². The predicted octanol–water partition coefficient (Wildman–Crippen LogP) is -4.74. The van der Waals surface area contributed by atoms with E-state index in [0.29, 0.717) is 0 Å². The first kappa shape index (κ1) is 19.9. The van der Waals surface area contributed by atoms with Gasteiger partial charge < -0.3 is 54.7 Å². The van der Waals surface area contributed by atoms with Crippen LogP contribution in [0, 0.1) is 0 Å². The Bertz CT molecular complexity index is 392. The van der Waals surface area contributed by atoms with Gasteiger partial charge in [0, 0.05) is 7.11 Å². The number of methoxy groups -OCH3 is 1. The fraction of sp³-hybridized carbons (Fsp3) is 1.00. The molecular weight excluding hydrogens is 332 g/mol. The summed E-state index contributed by atoms with van der Waals surface area (Å²) in [5.41, 5.74) is 0. The summed E-state index contributed by atoms with van der Waals surface area (Å²) in [5, 5.41) is 67.8. The first-order chi connectivity index (χ1) is 11.3. The molecule has 2 rings (SSSR count). The highest BCUT2D eigenvalue weighted by atomic mass is 16.7. The van der Waals surface area contributed by atoms with Gasteiger partial charge in [0.1, 0.15) is 48.8 Å². The van der Waals surface area contributed by atoms with Crippen molar-refractivity contribution in [1.29, 1.82) is 0 Å². The molecule has 0 spiro atoms. The summed E-state index contributed by atoms with van der Waals surface area (Å²) in [6.45, 7) is -1.18. The maximum atomic E-state index is 10.1. The summed E-state index contributed by atoms with van der Waals surface area (Å²) in [5.74, 6) is 0. The summed E-state index contributed by atoms with van der Waals surface area (Å²) in [6, 6.07) is 0. The fourth-order valence-electron chi connectivity index (χ4n) is 2.85. The molecule has 0 radical (unpaired) electrons. The largest absolute Gasteiger partial charge is 0.394 e. The van der Waals surface area contributed by atoms with E-state index < -0.39 is 74.6 Å². The highest BCUT2D eigenvalue weighted by Gasteiger charge is 2.50. The molecule has 2 fully saturated rings. The molecule has 24 heavy (non-hydrogen) atoms. The molecule has 2 unspecified atom stereocenters. The van der Waals surface area contributed by atoms with Gasteiger partial charge in [-0.05, 0) is 0 Å². The Morgan fingerprint density at radius 2 is 1.29 bits per heavy atom. The zero-order valence-electron chi connectivity index (χ0n) is 13.0. The van der Waals surface area contributed by atoms with Crippen molar-refractivity contribution in [2.45, 2.75) is 61.4 Å². The van der Waals surface area contributed by atoms with Gasteiger partial charge >= 0.3 is 0 Å². The number of hydrogen-bond acceptors (Lipinski definition) is 11. The molecule has 142 valence electrons. The topological polar surface area (TPSA) is 179 Å². The van der Waals surface area contributed by atoms with Crippen molar-refractivity contribution in [3.63, 3.8) is 0 Å². The van der Waals surface area contributed by atoms with Crippen molar-refractivity contribution in [2.75, 3.05) is 20.3 Å². The molecule has 0 amide bonds. The minimum atomic E-state index is -1.72. The van der Waals surface area contributed by atoms with Gasteiger partial charge in [-0.25, -0.2) is 0 Å². The van der Waals surface area contributed by atoms with Crippen LogP contribution in [0.4, 0.5) is 0 Å². The molecule has 0 aromatic rings. The molecule has 11 heteroatoms. The molecule has 0 aromatic carbocycles. The quantitative estimate of drug-likeness (QED) is 0.251. The predicted molar refractivity (Wildman–Crippen MR) is 73.4 cm³/mol. The normalized spacial score (nSPS) is 50.0. The smallest absolute Gasteiger partial charge is 0.187 e. The Morgan fingerprint density at radius 1 is 0.750 bits per heavy atom. The minimum Gasteiger partial charge on any atom is -0.394 e. The lowest BCUT2D eigenvalue weighted by Crippen LogP contribution is -2.64. The number of hydrogen-bond donors (Lipinski definition) is 7. The van der Waals surface area contributed by atoms with Gasteiger partial charge in [0.05, 0.1) is 13.2 Å². The summed E-state index contributed by atoms with van der Waals surface area (Å²) < 4.78 is 20.6. The maximum Gasteiger partial charge on any atom is 0.187 e. The zero-order chi connectivity index (χ0) is 18.0. The number of aliphatic hydroxyl groups excluding tert-OH is 7. The molecule has 0 bridgehead atoms. The first-order valence-electron chi connectivity index (χ1n) is 7.46. The second kappa shape index (κ2) is 8.29. The van der Waals surface area contributed by atoms with Crippen LogP contribution in [0.15, 0.2) is 0 Å². The Kier molecular flexibility index (Phi) is 6.87. The fourth-order valence-corrected chi connectivity index (χ4v) is 2.85. The summed E-state index contributed by atoms with van der Waals surface area (Å²) >= 11 is 0. The molecular formula is C13H24O11. The van der Waals surface area contributed by atoms with Crippen molar-refractivity contribution in [3.8, 4) is 0 Å². The third-order valence-corrected chi connectivity index (χ3v) is 4.22. The highest BCUT2D eigenvalue weighted by molar-refractivity contribution is 4.94. The van der Waals surface area contributed by atoms with E-state index in [-0.39, 0.29) is 0 Å². The van der Waals surface area contributed by atoms with Crippen molar-refractivity contribution < 1.29 is 54.7 Å². The lowest BCUT2D eigenvalue weighted by atomic mass is 9.97. The van der Waals surface area contributed by atoms with Crippen LogP contribution >= 0.6 is 0 Å². The molecule has 11 nitrogen and oxygen atoms in total. The Balaban J connectivity index is 2.12. The summed E-state index contributed by atoms with van der Waals surface area (Å²) in [7, 11) is 1.27. The molecule has 10 atom stereocenters. The van der Waals surface area contributed by atoms with Crippen LogP contribution in [0.2, 0.25) is 0 Å². The third kappa shape index (κ3) is 3.71. The number of aliphatic hydroxyl groups is 7. The van der Waals surface area contributed by atoms with Crippen molar-refractivity contribution >= 4 is 0 Å². The van der Waals surface area contributed by atoms with Crippen LogP contribution in [0.3, 0.4) is 0 Å². The summed E-state index contributed by atoms with van der Waals surface area (Å²) in [4.78, 5) is 0. The standard InChI is InChI=1S/C13H24O11/c1-21-10-4(2-14)23-13(9(19)7(10)17)24-11-5(3-15)22-12(20)8(18)6(11)16/h4-20H,2-3H2,1H3/t4-,5-,6?,7?,8-,9-,10-,11-,12-,13+/m1/s1. The lowest BCUT2D eigenvalue weighted by molar-refractivity contribution is -0.356. The molecule has 0 saturated carbocycles. The van der Waals surface area contributed by atoms with Crippen LogP contribution < -0.4 is 0 Å². The highest BCUT2D eigenvalue weighted by Crippen LogP contribution is 2.29. The van der Waals surface area contributed by atoms with E-state index in [1.54, 1.807) is 0 Å². The second-order valence-corrected chi connectivity index (χ2v) is 5.74. The van der Waals surface area contributed by atoms with E-state index in [4.69, 9.17) is 18.9 Å². The van der Waals surface area contributed by atoms with Crippen LogP contribution in [0.5, 0.6) is 0 Å². The number of ether oxygens (including phenoxy) is 4. The van der Waals surface area contributed by atoms with Crippen molar-refractivity contribution in [1.82, 2.24) is 0 Å². The average molecular weight is 356 g/mol. The molecule has 0 aromatic heterocycles. The molecule has 2 saturated heterocycles. The van der Waals surface area contributed by atoms with Gasteiger partial charge in [-0.15, -0.1) is 0 Å². The lowest BCUT2D eigenvalue weighted by Gasteiger charge is -2.45. The van der Waals surface area contributed by atoms with Gasteiger partial charge in [0.2, 0.25) is 0 Å². The van der Waals surface area contributed by atoms with E-state index in [9.17, 15) is 35.7 Å². The van der Waals surface area contributed by atoms with Crippen LogP contribution in [0.25, 0.3) is 0 Å². The van der Waals surface area contributed by atoms with Gasteiger partial charge in [-0.2, -0.15) is 0 Å². The molecule has 2 aliphatic heterocycles. The second-order valence-electron chi connectivity index (χ2n) is 5.74. The van der Waals surface area contributed by atoms with Crippen LogP contribution in [-0.2, 0) is 18.9 Å². The van der Waals surface area contributed by atoms with Gasteiger partial charge in [0.15, 0.2) is 12.6 Å². The maximum absolute atomic E-state index is 10.1. The van der Waals surface area contributed by atoms with Crippen molar-refractivity contribution in [3.05, 3.63) is 0 Å². The van der Waals surface area contributed by atoms with E-state index in [0.717, 1.165) is 0 Å². The minimum absolute atomic E-state index is 0.531. The Morgan fingerprint density at radius 3 is 1.83 bits per heavy atom.